The van der Waals surface area contributed by atoms with Crippen molar-refractivity contribution in [3.05, 3.63) is 63.8 Å². The molecule has 0 aliphatic heterocycles. The maximum atomic E-state index is 13.9. The van der Waals surface area contributed by atoms with Gasteiger partial charge in [0.15, 0.2) is 10.9 Å². The fourth-order valence-corrected chi connectivity index (χ4v) is 3.15. The summed E-state index contributed by atoms with van der Waals surface area (Å²) < 4.78 is 17.3. The van der Waals surface area contributed by atoms with E-state index in [-0.39, 0.29) is 12.4 Å². The highest BCUT2D eigenvalue weighted by molar-refractivity contribution is 7.80. The van der Waals surface area contributed by atoms with Gasteiger partial charge < -0.3 is 10.6 Å². The first-order valence-electron chi connectivity index (χ1n) is 8.63. The quantitative estimate of drug-likeness (QED) is 0.424. The predicted molar refractivity (Wildman–Crippen MR) is 114 cm³/mol. The molecule has 0 amide bonds. The van der Waals surface area contributed by atoms with E-state index in [1.165, 1.54) is 6.07 Å². The summed E-state index contributed by atoms with van der Waals surface area (Å²) in [6, 6.07) is 6.36. The van der Waals surface area contributed by atoms with E-state index in [1.54, 1.807) is 29.1 Å². The lowest BCUT2D eigenvalue weighted by Gasteiger charge is -2.09. The molecule has 148 valence electrons. The largest absolute Gasteiger partial charge is 0.362 e. The average molecular weight is 441 g/mol. The van der Waals surface area contributed by atoms with Crippen LogP contribution in [-0.4, -0.2) is 31.2 Å². The monoisotopic (exact) mass is 440 g/mol. The minimum absolute atomic E-state index is 0.235. The van der Waals surface area contributed by atoms with Gasteiger partial charge in [-0.05, 0) is 37.7 Å². The Morgan fingerprint density at radius 1 is 1.18 bits per heavy atom. The van der Waals surface area contributed by atoms with Crippen LogP contribution in [0.25, 0.3) is 0 Å². The number of thiocarbonyl (C=S) groups is 1. The van der Waals surface area contributed by atoms with Crippen molar-refractivity contribution in [3.8, 4) is 0 Å². The van der Waals surface area contributed by atoms with E-state index in [9.17, 15) is 4.39 Å². The third-order valence-corrected chi connectivity index (χ3v) is 4.97. The van der Waals surface area contributed by atoms with Crippen molar-refractivity contribution in [3.63, 3.8) is 0 Å². The van der Waals surface area contributed by atoms with Crippen molar-refractivity contribution in [1.29, 1.82) is 0 Å². The Hall–Kier alpha value is -2.16. The Balaban J connectivity index is 1.44. The van der Waals surface area contributed by atoms with Crippen molar-refractivity contribution in [1.82, 2.24) is 24.9 Å². The fraction of sp³-hybridized carbons (Fsp3) is 0.278. The molecule has 0 spiro atoms. The Kier molecular flexibility index (Phi) is 6.88. The van der Waals surface area contributed by atoms with E-state index in [2.05, 4.69) is 20.8 Å². The second-order valence-electron chi connectivity index (χ2n) is 6.16. The van der Waals surface area contributed by atoms with Gasteiger partial charge in [0.25, 0.3) is 0 Å². The normalized spacial score (nSPS) is 10.9. The summed E-state index contributed by atoms with van der Waals surface area (Å²) in [5.41, 5.74) is 1.22. The highest BCUT2D eigenvalue weighted by Gasteiger charge is 2.09. The van der Waals surface area contributed by atoms with Gasteiger partial charge in [-0.2, -0.15) is 10.2 Å². The molecule has 0 aliphatic carbocycles. The molecular formula is C18H19Cl2FN6S. The third-order valence-electron chi connectivity index (χ3n) is 4.00. The van der Waals surface area contributed by atoms with Crippen molar-refractivity contribution in [2.75, 3.05) is 11.9 Å². The van der Waals surface area contributed by atoms with E-state index >= 15 is 0 Å². The van der Waals surface area contributed by atoms with Crippen LogP contribution < -0.4 is 10.6 Å². The second kappa shape index (κ2) is 9.36. The molecule has 2 heterocycles. The number of hydrogen-bond acceptors (Lipinski definition) is 3. The van der Waals surface area contributed by atoms with Crippen molar-refractivity contribution < 1.29 is 4.39 Å². The minimum atomic E-state index is -0.358. The molecule has 0 radical (unpaired) electrons. The standard InChI is InChI=1S/C18H19Cl2FN6S/c1-12-15(20)11-26(24-12)8-3-7-22-18(28)23-17-6-9-27(25-17)10-13-14(19)4-2-5-16(13)21/h2,4-6,9,11H,3,7-8,10H2,1H3,(H2,22,23,25,28). The molecule has 28 heavy (non-hydrogen) atoms. The van der Waals surface area contributed by atoms with Crippen LogP contribution in [-0.2, 0) is 13.1 Å². The molecule has 0 saturated heterocycles. The Morgan fingerprint density at radius 2 is 2.00 bits per heavy atom. The number of hydrogen-bond donors (Lipinski definition) is 2. The van der Waals surface area contributed by atoms with Gasteiger partial charge in [-0.25, -0.2) is 4.39 Å². The van der Waals surface area contributed by atoms with Gasteiger partial charge in [-0.15, -0.1) is 0 Å². The molecule has 0 fully saturated rings. The summed E-state index contributed by atoms with van der Waals surface area (Å²) in [6.45, 7) is 3.52. The summed E-state index contributed by atoms with van der Waals surface area (Å²) in [7, 11) is 0. The van der Waals surface area contributed by atoms with Crippen LogP contribution in [0, 0.1) is 12.7 Å². The number of rotatable bonds is 7. The Morgan fingerprint density at radius 3 is 2.71 bits per heavy atom. The summed E-state index contributed by atoms with van der Waals surface area (Å²) in [5.74, 6) is 0.211. The molecule has 0 unspecified atom stereocenters. The van der Waals surface area contributed by atoms with Crippen molar-refractivity contribution in [2.45, 2.75) is 26.4 Å². The summed E-state index contributed by atoms with van der Waals surface area (Å²) >= 11 is 17.3. The van der Waals surface area contributed by atoms with E-state index < -0.39 is 0 Å². The molecule has 6 nitrogen and oxygen atoms in total. The molecule has 2 aromatic heterocycles. The number of aromatic nitrogens is 4. The molecule has 2 N–H and O–H groups in total. The summed E-state index contributed by atoms with van der Waals surface area (Å²) in [6.07, 6.45) is 4.37. The van der Waals surface area contributed by atoms with Crippen LogP contribution in [0.3, 0.4) is 0 Å². The number of benzene rings is 1. The van der Waals surface area contributed by atoms with Crippen LogP contribution in [0.2, 0.25) is 10.0 Å². The lowest BCUT2D eigenvalue weighted by atomic mass is 10.2. The van der Waals surface area contributed by atoms with Gasteiger partial charge in [-0.3, -0.25) is 9.36 Å². The first-order chi connectivity index (χ1) is 13.4. The zero-order valence-corrected chi connectivity index (χ0v) is 17.5. The zero-order valence-electron chi connectivity index (χ0n) is 15.1. The highest BCUT2D eigenvalue weighted by atomic mass is 35.5. The average Bonchev–Trinajstić information content (AvgIpc) is 3.21. The van der Waals surface area contributed by atoms with Crippen LogP contribution in [0.15, 0.2) is 36.7 Å². The van der Waals surface area contributed by atoms with Crippen LogP contribution in [0.5, 0.6) is 0 Å². The second-order valence-corrected chi connectivity index (χ2v) is 7.38. The fourth-order valence-electron chi connectivity index (χ4n) is 2.57. The van der Waals surface area contributed by atoms with E-state index in [0.717, 1.165) is 18.7 Å². The number of nitrogens with zero attached hydrogens (tertiary/aromatic N) is 4. The highest BCUT2D eigenvalue weighted by Crippen LogP contribution is 2.20. The Labute approximate surface area is 177 Å². The molecule has 3 aromatic rings. The smallest absolute Gasteiger partial charge is 0.171 e. The predicted octanol–water partition coefficient (Wildman–Crippen LogP) is 4.26. The molecule has 10 heteroatoms. The lowest BCUT2D eigenvalue weighted by Crippen LogP contribution is -2.30. The van der Waals surface area contributed by atoms with E-state index in [4.69, 9.17) is 35.4 Å². The molecule has 0 bridgehead atoms. The lowest BCUT2D eigenvalue weighted by molar-refractivity contribution is 0.570. The zero-order chi connectivity index (χ0) is 20.1. The van der Waals surface area contributed by atoms with Crippen molar-refractivity contribution >= 4 is 46.4 Å². The van der Waals surface area contributed by atoms with Crippen LogP contribution >= 0.6 is 35.4 Å². The van der Waals surface area contributed by atoms with Gasteiger partial charge in [0.05, 0.1) is 17.3 Å². The number of anilines is 1. The molecular weight excluding hydrogens is 422 g/mol. The first-order valence-corrected chi connectivity index (χ1v) is 9.79. The maximum Gasteiger partial charge on any atom is 0.171 e. The number of aryl methyl sites for hydroxylation is 2. The van der Waals surface area contributed by atoms with Crippen LogP contribution in [0.1, 0.15) is 17.7 Å². The van der Waals surface area contributed by atoms with E-state index in [0.29, 0.717) is 33.1 Å². The SMILES string of the molecule is Cc1nn(CCCNC(=S)Nc2ccn(Cc3c(F)cccc3Cl)n2)cc1Cl. The molecule has 0 aliphatic rings. The van der Waals surface area contributed by atoms with Gasteiger partial charge in [0.2, 0.25) is 0 Å². The summed E-state index contributed by atoms with van der Waals surface area (Å²) in [4.78, 5) is 0. The summed E-state index contributed by atoms with van der Waals surface area (Å²) in [5, 5.41) is 16.3. The molecule has 0 saturated carbocycles. The van der Waals surface area contributed by atoms with Gasteiger partial charge >= 0.3 is 0 Å². The van der Waals surface area contributed by atoms with Gasteiger partial charge in [-0.1, -0.05) is 29.3 Å². The molecule has 3 rings (SSSR count). The van der Waals surface area contributed by atoms with Gasteiger partial charge in [0, 0.05) is 42.1 Å². The van der Waals surface area contributed by atoms with E-state index in [1.807, 2.05) is 17.8 Å². The topological polar surface area (TPSA) is 59.7 Å². The Bertz CT molecular complexity index is 931. The minimum Gasteiger partial charge on any atom is -0.362 e. The first kappa shape index (κ1) is 20.6. The van der Waals surface area contributed by atoms with Crippen molar-refractivity contribution in [2.24, 2.45) is 0 Å². The van der Waals surface area contributed by atoms with Gasteiger partial charge in [0.1, 0.15) is 5.82 Å². The molecule has 0 atom stereocenters. The maximum absolute atomic E-state index is 13.9. The molecule has 1 aromatic carbocycles. The van der Waals surface area contributed by atoms with Crippen LogP contribution in [0.4, 0.5) is 10.2 Å². The third kappa shape index (κ3) is 5.43. The number of nitrogens with one attached hydrogen (secondary N) is 2. The number of halogens is 3.